The topological polar surface area (TPSA) is 70.7 Å². The fourth-order valence-electron chi connectivity index (χ4n) is 2.69. The maximum absolute atomic E-state index is 13.3. The third-order valence-electron chi connectivity index (χ3n) is 3.83. The summed E-state index contributed by atoms with van der Waals surface area (Å²) < 4.78 is 39.8. The fraction of sp³-hybridized carbons (Fsp3) is 0.312. The van der Waals surface area contributed by atoms with E-state index in [-0.39, 0.29) is 23.8 Å². The quantitative estimate of drug-likeness (QED) is 0.684. The molecule has 25 heavy (non-hydrogen) atoms. The van der Waals surface area contributed by atoms with Crippen LogP contribution in [-0.2, 0) is 0 Å². The van der Waals surface area contributed by atoms with Crippen LogP contribution in [0.25, 0.3) is 21.7 Å². The van der Waals surface area contributed by atoms with Crippen molar-refractivity contribution < 1.29 is 13.2 Å². The van der Waals surface area contributed by atoms with E-state index in [1.807, 2.05) is 0 Å². The lowest BCUT2D eigenvalue weighted by molar-refractivity contribution is -0.150. The van der Waals surface area contributed by atoms with Crippen LogP contribution >= 0.6 is 12.4 Å². The Bertz CT molecular complexity index is 955. The van der Waals surface area contributed by atoms with Gasteiger partial charge >= 0.3 is 6.18 Å². The molecule has 0 saturated carbocycles. The maximum Gasteiger partial charge on any atom is 0.408 e. The van der Waals surface area contributed by atoms with Gasteiger partial charge < -0.3 is 10.3 Å². The van der Waals surface area contributed by atoms with Crippen LogP contribution in [0, 0.1) is 5.92 Å². The van der Waals surface area contributed by atoms with E-state index in [4.69, 9.17) is 0 Å². The molecule has 0 unspecified atom stereocenters. The van der Waals surface area contributed by atoms with Gasteiger partial charge in [-0.1, -0.05) is 13.8 Å². The van der Waals surface area contributed by atoms with Gasteiger partial charge in [0.15, 0.2) is 0 Å². The highest BCUT2D eigenvalue weighted by molar-refractivity contribution is 6.09. The zero-order valence-electron chi connectivity index (χ0n) is 13.4. The van der Waals surface area contributed by atoms with Gasteiger partial charge in [0, 0.05) is 29.4 Å². The third-order valence-corrected chi connectivity index (χ3v) is 3.83. The number of halogens is 4. The molecule has 0 aliphatic heterocycles. The molecule has 3 aromatic rings. The van der Waals surface area contributed by atoms with Crippen molar-refractivity contribution in [1.29, 1.82) is 0 Å². The van der Waals surface area contributed by atoms with E-state index in [1.165, 1.54) is 32.4 Å². The number of hydrogen-bond acceptors (Lipinski definition) is 4. The van der Waals surface area contributed by atoms with Crippen molar-refractivity contribution in [2.45, 2.75) is 26.1 Å². The predicted octanol–water partition coefficient (Wildman–Crippen LogP) is 3.89. The molecule has 0 spiro atoms. The minimum absolute atomic E-state index is 0. The van der Waals surface area contributed by atoms with Gasteiger partial charge in [0.2, 0.25) is 0 Å². The predicted molar refractivity (Wildman–Crippen MR) is 93.2 cm³/mol. The molecule has 0 aliphatic carbocycles. The van der Waals surface area contributed by atoms with E-state index in [0.29, 0.717) is 21.7 Å². The highest BCUT2D eigenvalue weighted by Gasteiger charge is 2.42. The molecule has 0 aromatic carbocycles. The van der Waals surface area contributed by atoms with E-state index in [1.54, 1.807) is 12.1 Å². The molecule has 134 valence electrons. The van der Waals surface area contributed by atoms with Gasteiger partial charge in [-0.25, -0.2) is 4.98 Å². The second-order valence-corrected chi connectivity index (χ2v) is 5.86. The summed E-state index contributed by atoms with van der Waals surface area (Å²) in [6, 6.07) is 1.34. The summed E-state index contributed by atoms with van der Waals surface area (Å²) in [5.74, 6) is -0.597. The minimum Gasteiger partial charge on any atom is -0.358 e. The molecular weight excluding hydrogens is 357 g/mol. The SMILES string of the molecule is CC(C)[C@@H](Nc1nc2cc[nH]c(=O)c2c2cnccc12)C(F)(F)F.Cl. The van der Waals surface area contributed by atoms with Crippen molar-refractivity contribution in [1.82, 2.24) is 15.0 Å². The molecular formula is C16H16ClF3N4O. The Morgan fingerprint density at radius 3 is 2.56 bits per heavy atom. The van der Waals surface area contributed by atoms with Crippen molar-refractivity contribution >= 4 is 39.9 Å². The van der Waals surface area contributed by atoms with Gasteiger partial charge in [0.25, 0.3) is 5.56 Å². The Kier molecular flexibility index (Phi) is 5.22. The van der Waals surface area contributed by atoms with Crippen LogP contribution in [0.4, 0.5) is 19.0 Å². The number of nitrogens with zero attached hydrogens (tertiary/aromatic N) is 2. The molecule has 1 atom stereocenters. The van der Waals surface area contributed by atoms with Crippen molar-refractivity contribution in [2.24, 2.45) is 5.92 Å². The second-order valence-electron chi connectivity index (χ2n) is 5.86. The number of aromatic nitrogens is 3. The molecule has 0 bridgehead atoms. The number of anilines is 1. The number of alkyl halides is 3. The summed E-state index contributed by atoms with van der Waals surface area (Å²) in [5.41, 5.74) is -0.0489. The van der Waals surface area contributed by atoms with E-state index < -0.39 is 18.1 Å². The van der Waals surface area contributed by atoms with Crippen molar-refractivity contribution in [3.8, 4) is 0 Å². The van der Waals surface area contributed by atoms with E-state index >= 15 is 0 Å². The first-order valence-corrected chi connectivity index (χ1v) is 7.37. The first-order chi connectivity index (χ1) is 11.3. The number of fused-ring (bicyclic) bond motifs is 3. The smallest absolute Gasteiger partial charge is 0.358 e. The summed E-state index contributed by atoms with van der Waals surface area (Å²) in [4.78, 5) is 22.8. The highest BCUT2D eigenvalue weighted by Crippen LogP contribution is 2.32. The molecule has 0 fully saturated rings. The monoisotopic (exact) mass is 372 g/mol. The van der Waals surface area contributed by atoms with Crippen LogP contribution in [0.2, 0.25) is 0 Å². The summed E-state index contributed by atoms with van der Waals surface area (Å²) in [6.07, 6.45) is -0.0977. The average Bonchev–Trinajstić information content (AvgIpc) is 2.51. The lowest BCUT2D eigenvalue weighted by Crippen LogP contribution is -2.40. The van der Waals surface area contributed by atoms with Crippen LogP contribution in [0.1, 0.15) is 13.8 Å². The first-order valence-electron chi connectivity index (χ1n) is 7.37. The van der Waals surface area contributed by atoms with Gasteiger partial charge in [-0.05, 0) is 18.1 Å². The lowest BCUT2D eigenvalue weighted by atomic mass is 10.0. The zero-order chi connectivity index (χ0) is 17.5. The highest BCUT2D eigenvalue weighted by atomic mass is 35.5. The van der Waals surface area contributed by atoms with Gasteiger partial charge in [0.05, 0.1) is 10.9 Å². The Hall–Kier alpha value is -2.35. The van der Waals surface area contributed by atoms with E-state index in [0.717, 1.165) is 0 Å². The van der Waals surface area contributed by atoms with Crippen LogP contribution < -0.4 is 10.9 Å². The number of aromatic amines is 1. The van der Waals surface area contributed by atoms with Gasteiger partial charge in [0.1, 0.15) is 11.9 Å². The van der Waals surface area contributed by atoms with Crippen molar-refractivity contribution in [3.05, 3.63) is 41.1 Å². The fourth-order valence-corrected chi connectivity index (χ4v) is 2.69. The van der Waals surface area contributed by atoms with Crippen LogP contribution in [0.3, 0.4) is 0 Å². The molecule has 0 aliphatic rings. The van der Waals surface area contributed by atoms with E-state index in [2.05, 4.69) is 20.3 Å². The standard InChI is InChI=1S/C16H15F3N4O.ClH/c1-8(2)13(16(17,18)19)23-14-9-3-5-20-7-10(9)12-11(22-14)4-6-21-15(12)24;/h3-8,13H,1-2H3,(H,21,24)(H,22,23);1H/t13-;/m1./s1. The summed E-state index contributed by atoms with van der Waals surface area (Å²) >= 11 is 0. The summed E-state index contributed by atoms with van der Waals surface area (Å²) in [5, 5.41) is 3.68. The van der Waals surface area contributed by atoms with Crippen LogP contribution in [-0.4, -0.2) is 27.2 Å². The number of rotatable bonds is 3. The Labute approximate surface area is 147 Å². The molecule has 0 saturated heterocycles. The van der Waals surface area contributed by atoms with Gasteiger partial charge in [-0.15, -0.1) is 12.4 Å². The molecule has 0 amide bonds. The van der Waals surface area contributed by atoms with Gasteiger partial charge in [-0.2, -0.15) is 13.2 Å². The normalized spacial score (nSPS) is 13.0. The van der Waals surface area contributed by atoms with Crippen molar-refractivity contribution in [3.63, 3.8) is 0 Å². The van der Waals surface area contributed by atoms with Crippen LogP contribution in [0.15, 0.2) is 35.5 Å². The molecule has 5 nitrogen and oxygen atoms in total. The van der Waals surface area contributed by atoms with Crippen molar-refractivity contribution in [2.75, 3.05) is 5.32 Å². The molecule has 3 aromatic heterocycles. The van der Waals surface area contributed by atoms with E-state index in [9.17, 15) is 18.0 Å². The lowest BCUT2D eigenvalue weighted by Gasteiger charge is -2.26. The molecule has 3 rings (SSSR count). The number of H-pyrrole nitrogens is 1. The average molecular weight is 373 g/mol. The molecule has 2 N–H and O–H groups in total. The Balaban J connectivity index is 0.00000225. The largest absolute Gasteiger partial charge is 0.408 e. The Morgan fingerprint density at radius 1 is 1.20 bits per heavy atom. The molecule has 0 radical (unpaired) electrons. The first kappa shape index (κ1) is 19.0. The minimum atomic E-state index is -4.42. The number of nitrogens with one attached hydrogen (secondary N) is 2. The van der Waals surface area contributed by atoms with Crippen LogP contribution in [0.5, 0.6) is 0 Å². The summed E-state index contributed by atoms with van der Waals surface area (Å²) in [7, 11) is 0. The summed E-state index contributed by atoms with van der Waals surface area (Å²) in [6.45, 7) is 2.97. The Morgan fingerprint density at radius 2 is 1.92 bits per heavy atom. The molecule has 9 heteroatoms. The molecule has 3 heterocycles. The number of hydrogen-bond donors (Lipinski definition) is 2. The number of pyridine rings is 3. The third kappa shape index (κ3) is 3.53. The second kappa shape index (κ2) is 6.87. The maximum atomic E-state index is 13.3. The van der Waals surface area contributed by atoms with Gasteiger partial charge in [-0.3, -0.25) is 9.78 Å². The zero-order valence-corrected chi connectivity index (χ0v) is 14.2.